The molecule has 5 nitrogen and oxygen atoms in total. The minimum absolute atomic E-state index is 0.114. The third-order valence-electron chi connectivity index (χ3n) is 5.59. The van der Waals surface area contributed by atoms with Gasteiger partial charge in [-0.3, -0.25) is 14.4 Å². The zero-order valence-electron chi connectivity index (χ0n) is 13.7. The van der Waals surface area contributed by atoms with Crippen LogP contribution in [-0.4, -0.2) is 24.7 Å². The van der Waals surface area contributed by atoms with E-state index in [4.69, 9.17) is 4.74 Å². The molecule has 5 rings (SSSR count). The van der Waals surface area contributed by atoms with Crippen molar-refractivity contribution in [1.29, 1.82) is 0 Å². The van der Waals surface area contributed by atoms with Crippen molar-refractivity contribution in [2.45, 2.75) is 19.8 Å². The van der Waals surface area contributed by atoms with Crippen LogP contribution in [0.5, 0.6) is 5.75 Å². The van der Waals surface area contributed by atoms with Gasteiger partial charge in [-0.1, -0.05) is 12.2 Å². The summed E-state index contributed by atoms with van der Waals surface area (Å²) in [6, 6.07) is 4.87. The number of hydrogen-bond acceptors (Lipinski definition) is 4. The van der Waals surface area contributed by atoms with Crippen LogP contribution in [0.1, 0.15) is 30.1 Å². The molecule has 0 radical (unpaired) electrons. The molecule has 2 fully saturated rings. The second-order valence-electron chi connectivity index (χ2n) is 6.80. The lowest BCUT2D eigenvalue weighted by molar-refractivity contribution is -0.124. The molecule has 2 amide bonds. The fourth-order valence-corrected chi connectivity index (χ4v) is 4.40. The molecule has 2 bridgehead atoms. The second-order valence-corrected chi connectivity index (χ2v) is 6.80. The molecular weight excluding hydrogens is 306 g/mol. The first-order valence-electron chi connectivity index (χ1n) is 8.28. The number of carbonyl (C=O) groups is 3. The van der Waals surface area contributed by atoms with Gasteiger partial charge >= 0.3 is 0 Å². The van der Waals surface area contributed by atoms with E-state index in [2.05, 4.69) is 12.2 Å². The number of amides is 2. The number of rotatable bonds is 3. The number of ketones is 1. The zero-order chi connectivity index (χ0) is 17.0. The van der Waals surface area contributed by atoms with Crippen LogP contribution in [0.3, 0.4) is 0 Å². The molecule has 1 saturated heterocycles. The van der Waals surface area contributed by atoms with Crippen molar-refractivity contribution in [2.75, 3.05) is 12.0 Å². The van der Waals surface area contributed by atoms with Gasteiger partial charge in [0, 0.05) is 5.56 Å². The Morgan fingerprint density at radius 2 is 1.67 bits per heavy atom. The number of fused-ring (bicyclic) bond motifs is 1. The van der Waals surface area contributed by atoms with Crippen LogP contribution in [0, 0.1) is 23.7 Å². The van der Waals surface area contributed by atoms with Crippen molar-refractivity contribution in [3.05, 3.63) is 35.9 Å². The molecule has 4 aliphatic rings. The summed E-state index contributed by atoms with van der Waals surface area (Å²) in [6.07, 6.45) is 6.10. The molecule has 4 atom stereocenters. The predicted octanol–water partition coefficient (Wildman–Crippen LogP) is 2.60. The number of methoxy groups -OCH3 is 1. The van der Waals surface area contributed by atoms with Crippen molar-refractivity contribution >= 4 is 23.3 Å². The number of hydrogen-bond donors (Lipinski definition) is 0. The van der Waals surface area contributed by atoms with E-state index in [0.29, 0.717) is 17.0 Å². The quantitative estimate of drug-likeness (QED) is 0.487. The Kier molecular flexibility index (Phi) is 3.34. The number of anilines is 1. The van der Waals surface area contributed by atoms with Crippen molar-refractivity contribution in [3.8, 4) is 5.75 Å². The Morgan fingerprint density at radius 1 is 1.08 bits per heavy atom. The molecule has 1 aliphatic heterocycles. The maximum atomic E-state index is 13.0. The van der Waals surface area contributed by atoms with Crippen LogP contribution in [0.2, 0.25) is 0 Å². The van der Waals surface area contributed by atoms with Crippen molar-refractivity contribution in [3.63, 3.8) is 0 Å². The monoisotopic (exact) mass is 325 g/mol. The van der Waals surface area contributed by atoms with E-state index in [9.17, 15) is 14.4 Å². The van der Waals surface area contributed by atoms with Crippen LogP contribution >= 0.6 is 0 Å². The number of nitrogens with zero attached hydrogens (tertiary/aromatic N) is 1. The van der Waals surface area contributed by atoms with Crippen molar-refractivity contribution < 1.29 is 19.1 Å². The molecule has 0 spiro atoms. The molecule has 0 aromatic heterocycles. The van der Waals surface area contributed by atoms with Gasteiger partial charge in [0.2, 0.25) is 11.8 Å². The van der Waals surface area contributed by atoms with Crippen LogP contribution in [0.4, 0.5) is 5.69 Å². The normalized spacial score (nSPS) is 30.7. The molecule has 124 valence electrons. The number of ether oxygens (including phenoxy) is 1. The van der Waals surface area contributed by atoms with Gasteiger partial charge in [0.1, 0.15) is 5.75 Å². The Balaban J connectivity index is 1.80. The lowest BCUT2D eigenvalue weighted by Crippen LogP contribution is -2.38. The highest BCUT2D eigenvalue weighted by Gasteiger charge is 2.57. The van der Waals surface area contributed by atoms with Gasteiger partial charge in [-0.2, -0.15) is 0 Å². The molecule has 1 heterocycles. The van der Waals surface area contributed by atoms with Gasteiger partial charge in [0.25, 0.3) is 0 Å². The largest absolute Gasteiger partial charge is 0.495 e. The molecule has 1 saturated carbocycles. The highest BCUT2D eigenvalue weighted by molar-refractivity contribution is 6.23. The van der Waals surface area contributed by atoms with E-state index in [1.165, 1.54) is 18.9 Å². The van der Waals surface area contributed by atoms with E-state index >= 15 is 0 Å². The Morgan fingerprint density at radius 3 is 2.12 bits per heavy atom. The molecule has 5 heteroatoms. The molecule has 1 aromatic rings. The lowest BCUT2D eigenvalue weighted by Gasteiger charge is -2.38. The summed E-state index contributed by atoms with van der Waals surface area (Å²) in [6.45, 7) is 1.46. The topological polar surface area (TPSA) is 63.7 Å². The van der Waals surface area contributed by atoms with Crippen molar-refractivity contribution in [2.24, 2.45) is 23.7 Å². The summed E-state index contributed by atoms with van der Waals surface area (Å²) in [5, 5.41) is 0. The fourth-order valence-electron chi connectivity index (χ4n) is 4.40. The average Bonchev–Trinajstić information content (AvgIpc) is 2.88. The Labute approximate surface area is 140 Å². The fraction of sp³-hybridized carbons (Fsp3) is 0.421. The van der Waals surface area contributed by atoms with Crippen LogP contribution in [0.25, 0.3) is 0 Å². The minimum Gasteiger partial charge on any atom is -0.495 e. The van der Waals surface area contributed by atoms with E-state index in [0.717, 1.165) is 12.8 Å². The number of allylic oxidation sites excluding steroid dienone is 2. The first kappa shape index (κ1) is 15.1. The van der Waals surface area contributed by atoms with Gasteiger partial charge in [-0.15, -0.1) is 0 Å². The molecular formula is C19H19NO4. The number of carbonyl (C=O) groups excluding carboxylic acids is 3. The third kappa shape index (κ3) is 1.97. The molecule has 1 aromatic carbocycles. The molecule has 24 heavy (non-hydrogen) atoms. The summed E-state index contributed by atoms with van der Waals surface area (Å²) in [7, 11) is 1.50. The zero-order valence-corrected chi connectivity index (χ0v) is 13.7. The lowest BCUT2D eigenvalue weighted by atomic mass is 9.63. The number of benzene rings is 1. The Bertz CT molecular complexity index is 750. The molecule has 0 N–H and O–H groups in total. The average molecular weight is 325 g/mol. The number of Topliss-reactive ketones (excluding diaryl/α,β-unsaturated/α-hetero) is 1. The van der Waals surface area contributed by atoms with E-state index < -0.39 is 0 Å². The van der Waals surface area contributed by atoms with Crippen molar-refractivity contribution in [1.82, 2.24) is 0 Å². The van der Waals surface area contributed by atoms with E-state index in [1.54, 1.807) is 18.2 Å². The van der Waals surface area contributed by atoms with Gasteiger partial charge in [0.05, 0.1) is 24.6 Å². The summed E-state index contributed by atoms with van der Waals surface area (Å²) in [5.41, 5.74) is 0.844. The molecule has 0 unspecified atom stereocenters. The summed E-state index contributed by atoms with van der Waals surface area (Å²) in [4.78, 5) is 39.0. The second kappa shape index (κ2) is 5.30. The van der Waals surface area contributed by atoms with Gasteiger partial charge in [0.15, 0.2) is 5.78 Å². The van der Waals surface area contributed by atoms with Crippen LogP contribution in [-0.2, 0) is 9.59 Å². The van der Waals surface area contributed by atoms with E-state index in [1.807, 2.05) is 0 Å². The molecule has 3 aliphatic carbocycles. The maximum absolute atomic E-state index is 13.0. The predicted molar refractivity (Wildman–Crippen MR) is 87.8 cm³/mol. The smallest absolute Gasteiger partial charge is 0.238 e. The minimum atomic E-state index is -0.271. The third-order valence-corrected chi connectivity index (χ3v) is 5.59. The maximum Gasteiger partial charge on any atom is 0.238 e. The van der Waals surface area contributed by atoms with Gasteiger partial charge in [-0.25, -0.2) is 4.90 Å². The standard InChI is InChI=1S/C19H19NO4/c1-10(21)13-7-8-15(24-2)14(9-13)20-18(22)16-11-3-4-12(6-5-11)17(16)19(20)23/h3-4,7-9,11-12,16-17H,5-6H2,1-2H3/t11-,12+,16-,17-/m0/s1. The Hall–Kier alpha value is -2.43. The summed E-state index contributed by atoms with van der Waals surface area (Å²) >= 11 is 0. The van der Waals surface area contributed by atoms with Crippen LogP contribution in [0.15, 0.2) is 30.4 Å². The first-order valence-corrected chi connectivity index (χ1v) is 8.28. The summed E-state index contributed by atoms with van der Waals surface area (Å²) < 4.78 is 5.34. The van der Waals surface area contributed by atoms with Gasteiger partial charge in [-0.05, 0) is 49.8 Å². The van der Waals surface area contributed by atoms with Crippen LogP contribution < -0.4 is 9.64 Å². The van der Waals surface area contributed by atoms with Gasteiger partial charge < -0.3 is 4.74 Å². The van der Waals surface area contributed by atoms with E-state index in [-0.39, 0.29) is 41.3 Å². The number of imide groups is 1. The highest BCUT2D eigenvalue weighted by atomic mass is 16.5. The highest BCUT2D eigenvalue weighted by Crippen LogP contribution is 2.51. The first-order chi connectivity index (χ1) is 11.5. The SMILES string of the molecule is COc1ccc(C(C)=O)cc1N1C(=O)[C@@H]2[C@@H](C1=O)[C@H]1C=C[C@@H]2CC1. The summed E-state index contributed by atoms with van der Waals surface area (Å²) in [5.74, 6) is -0.269.